The molecule has 0 spiro atoms. The first-order valence-electron chi connectivity index (χ1n) is 8.56. The number of carbonyl (C=O) groups excluding carboxylic acids is 1. The molecule has 2 aromatic rings. The molecule has 0 saturated carbocycles. The number of aromatic nitrogens is 2. The van der Waals surface area contributed by atoms with Crippen LogP contribution in [0.25, 0.3) is 0 Å². The molecule has 1 aliphatic heterocycles. The lowest BCUT2D eigenvalue weighted by atomic mass is 10.1. The standard InChI is InChI=1S/C19H20N4O4/c1-25-16-7-3-6-14(17(16)26-2)19(24)23-10-4-5-13(12-23)27-18-15(11-20)21-8-9-22-18/h3,6-9,13H,4-5,10,12H2,1-2H3/t13-/m0/s1. The summed E-state index contributed by atoms with van der Waals surface area (Å²) in [6.07, 6.45) is 4.20. The minimum absolute atomic E-state index is 0.135. The number of hydrogen-bond acceptors (Lipinski definition) is 7. The van der Waals surface area contributed by atoms with Gasteiger partial charge in [0.2, 0.25) is 5.69 Å². The van der Waals surface area contributed by atoms with Gasteiger partial charge in [0.15, 0.2) is 11.5 Å². The number of benzene rings is 1. The summed E-state index contributed by atoms with van der Waals surface area (Å²) < 4.78 is 16.5. The number of ether oxygens (including phenoxy) is 3. The van der Waals surface area contributed by atoms with Gasteiger partial charge in [-0.05, 0) is 25.0 Å². The highest BCUT2D eigenvalue weighted by Crippen LogP contribution is 2.32. The van der Waals surface area contributed by atoms with Gasteiger partial charge >= 0.3 is 0 Å². The molecule has 0 bridgehead atoms. The maximum atomic E-state index is 13.0. The summed E-state index contributed by atoms with van der Waals surface area (Å²) in [6.45, 7) is 1.01. The topological polar surface area (TPSA) is 97.6 Å². The van der Waals surface area contributed by atoms with Gasteiger partial charge in [-0.2, -0.15) is 5.26 Å². The van der Waals surface area contributed by atoms with E-state index in [0.717, 1.165) is 12.8 Å². The SMILES string of the molecule is COc1cccc(C(=O)N2CCC[C@H](Oc3nccnc3C#N)C2)c1OC. The predicted molar refractivity (Wildman–Crippen MR) is 95.8 cm³/mol. The fourth-order valence-electron chi connectivity index (χ4n) is 3.09. The van der Waals surface area contributed by atoms with Crippen LogP contribution in [0, 0.1) is 11.3 Å². The molecule has 0 radical (unpaired) electrons. The molecule has 27 heavy (non-hydrogen) atoms. The van der Waals surface area contributed by atoms with Crippen molar-refractivity contribution >= 4 is 5.91 Å². The molecule has 0 aliphatic carbocycles. The Morgan fingerprint density at radius 2 is 2.07 bits per heavy atom. The largest absolute Gasteiger partial charge is 0.493 e. The van der Waals surface area contributed by atoms with E-state index >= 15 is 0 Å². The highest BCUT2D eigenvalue weighted by molar-refractivity contribution is 5.98. The Bertz CT molecular complexity index is 865. The van der Waals surface area contributed by atoms with Crippen molar-refractivity contribution in [2.75, 3.05) is 27.3 Å². The van der Waals surface area contributed by atoms with Gasteiger partial charge in [0.05, 0.1) is 26.3 Å². The third-order valence-corrected chi connectivity index (χ3v) is 4.35. The van der Waals surface area contributed by atoms with Gasteiger partial charge in [0, 0.05) is 18.9 Å². The predicted octanol–water partition coefficient (Wildman–Crippen LogP) is 2.05. The molecule has 1 atom stereocenters. The number of carbonyl (C=O) groups is 1. The van der Waals surface area contributed by atoms with Crippen LogP contribution >= 0.6 is 0 Å². The van der Waals surface area contributed by atoms with Crippen LogP contribution in [0.15, 0.2) is 30.6 Å². The van der Waals surface area contributed by atoms with Crippen LogP contribution in [0.3, 0.4) is 0 Å². The van der Waals surface area contributed by atoms with Crippen LogP contribution in [0.1, 0.15) is 28.9 Å². The first kappa shape index (κ1) is 18.5. The van der Waals surface area contributed by atoms with E-state index in [0.29, 0.717) is 30.2 Å². The highest BCUT2D eigenvalue weighted by atomic mass is 16.5. The number of piperidine rings is 1. The normalized spacial score (nSPS) is 16.3. The molecule has 140 valence electrons. The minimum Gasteiger partial charge on any atom is -0.493 e. The van der Waals surface area contributed by atoms with E-state index in [1.54, 1.807) is 23.1 Å². The number of rotatable bonds is 5. The summed E-state index contributed by atoms with van der Waals surface area (Å²) >= 11 is 0. The molecular weight excluding hydrogens is 348 g/mol. The Hall–Kier alpha value is -3.34. The molecule has 8 nitrogen and oxygen atoms in total. The molecule has 1 saturated heterocycles. The fourth-order valence-corrected chi connectivity index (χ4v) is 3.09. The lowest BCUT2D eigenvalue weighted by Crippen LogP contribution is -2.44. The van der Waals surface area contributed by atoms with Crippen molar-refractivity contribution in [2.24, 2.45) is 0 Å². The van der Waals surface area contributed by atoms with Crippen LogP contribution in [0.2, 0.25) is 0 Å². The Kier molecular flexibility index (Phi) is 5.71. The van der Waals surface area contributed by atoms with Crippen molar-refractivity contribution in [3.8, 4) is 23.4 Å². The molecule has 3 rings (SSSR count). The van der Waals surface area contributed by atoms with Crippen molar-refractivity contribution in [1.82, 2.24) is 14.9 Å². The van der Waals surface area contributed by atoms with E-state index < -0.39 is 0 Å². The van der Waals surface area contributed by atoms with E-state index in [1.807, 2.05) is 6.07 Å². The van der Waals surface area contributed by atoms with E-state index in [1.165, 1.54) is 26.6 Å². The maximum Gasteiger partial charge on any atom is 0.257 e. The van der Waals surface area contributed by atoms with E-state index in [-0.39, 0.29) is 23.6 Å². The van der Waals surface area contributed by atoms with Crippen molar-refractivity contribution < 1.29 is 19.0 Å². The minimum atomic E-state index is -0.261. The van der Waals surface area contributed by atoms with Crippen molar-refractivity contribution in [3.05, 3.63) is 41.9 Å². The number of hydrogen-bond donors (Lipinski definition) is 0. The molecule has 1 aromatic heterocycles. The summed E-state index contributed by atoms with van der Waals surface area (Å²) in [7, 11) is 3.04. The second kappa shape index (κ2) is 8.36. The zero-order valence-electron chi connectivity index (χ0n) is 15.2. The quantitative estimate of drug-likeness (QED) is 0.796. The summed E-state index contributed by atoms with van der Waals surface area (Å²) in [4.78, 5) is 22.8. The smallest absolute Gasteiger partial charge is 0.257 e. The zero-order valence-corrected chi connectivity index (χ0v) is 15.2. The molecule has 0 N–H and O–H groups in total. The Morgan fingerprint density at radius 3 is 2.81 bits per heavy atom. The van der Waals surface area contributed by atoms with Gasteiger partial charge in [-0.25, -0.2) is 9.97 Å². The van der Waals surface area contributed by atoms with E-state index in [4.69, 9.17) is 19.5 Å². The third-order valence-electron chi connectivity index (χ3n) is 4.35. The lowest BCUT2D eigenvalue weighted by molar-refractivity contribution is 0.0523. The molecule has 0 unspecified atom stereocenters. The van der Waals surface area contributed by atoms with Crippen LogP contribution in [0.5, 0.6) is 17.4 Å². The summed E-state index contributed by atoms with van der Waals surface area (Å²) in [5, 5.41) is 9.12. The molecular formula is C19H20N4O4. The first-order chi connectivity index (χ1) is 13.2. The molecule has 2 heterocycles. The average molecular weight is 368 g/mol. The molecule has 1 amide bonds. The Balaban J connectivity index is 1.77. The number of amides is 1. The van der Waals surface area contributed by atoms with E-state index in [2.05, 4.69) is 9.97 Å². The number of para-hydroxylation sites is 1. The van der Waals surface area contributed by atoms with Crippen molar-refractivity contribution in [3.63, 3.8) is 0 Å². The zero-order chi connectivity index (χ0) is 19.2. The lowest BCUT2D eigenvalue weighted by Gasteiger charge is -2.33. The average Bonchev–Trinajstić information content (AvgIpc) is 2.73. The molecule has 1 aliphatic rings. The summed E-state index contributed by atoms with van der Waals surface area (Å²) in [5.74, 6) is 0.956. The van der Waals surface area contributed by atoms with Gasteiger partial charge in [0.1, 0.15) is 12.2 Å². The molecule has 8 heteroatoms. The van der Waals surface area contributed by atoms with Crippen molar-refractivity contribution in [2.45, 2.75) is 18.9 Å². The summed E-state index contributed by atoms with van der Waals surface area (Å²) in [6, 6.07) is 7.18. The second-order valence-electron chi connectivity index (χ2n) is 6.00. The monoisotopic (exact) mass is 368 g/mol. The molecule has 1 aromatic carbocycles. The maximum absolute atomic E-state index is 13.0. The van der Waals surface area contributed by atoms with Gasteiger partial charge in [0.25, 0.3) is 11.8 Å². The van der Waals surface area contributed by atoms with E-state index in [9.17, 15) is 4.79 Å². The fraction of sp³-hybridized carbons (Fsp3) is 0.368. The van der Waals surface area contributed by atoms with Crippen LogP contribution in [-0.2, 0) is 0 Å². The van der Waals surface area contributed by atoms with Gasteiger partial charge in [-0.3, -0.25) is 4.79 Å². The number of nitrogens with zero attached hydrogens (tertiary/aromatic N) is 4. The number of methoxy groups -OCH3 is 2. The Labute approximate surface area is 157 Å². The van der Waals surface area contributed by atoms with Crippen LogP contribution < -0.4 is 14.2 Å². The third kappa shape index (κ3) is 3.92. The number of likely N-dealkylation sites (tertiary alicyclic amines) is 1. The number of nitriles is 1. The second-order valence-corrected chi connectivity index (χ2v) is 6.00. The van der Waals surface area contributed by atoms with Crippen LogP contribution in [-0.4, -0.2) is 54.2 Å². The summed E-state index contributed by atoms with van der Waals surface area (Å²) in [5.41, 5.74) is 0.574. The highest BCUT2D eigenvalue weighted by Gasteiger charge is 2.29. The van der Waals surface area contributed by atoms with Gasteiger partial charge in [-0.1, -0.05) is 6.07 Å². The van der Waals surface area contributed by atoms with Crippen molar-refractivity contribution in [1.29, 1.82) is 5.26 Å². The van der Waals surface area contributed by atoms with Crippen LogP contribution in [0.4, 0.5) is 0 Å². The van der Waals surface area contributed by atoms with Gasteiger partial charge in [-0.15, -0.1) is 0 Å². The molecule has 1 fully saturated rings. The first-order valence-corrected chi connectivity index (χ1v) is 8.56. The Morgan fingerprint density at radius 1 is 1.26 bits per heavy atom. The van der Waals surface area contributed by atoms with Gasteiger partial charge < -0.3 is 19.1 Å².